The Balaban J connectivity index is 0.899. The molecule has 5 aromatic rings. The Bertz CT molecular complexity index is 1470. The minimum Gasteiger partial charge on any atom is -0.494 e. The Labute approximate surface area is 264 Å². The molecule has 2 aliphatic heterocycles. The van der Waals surface area contributed by atoms with Crippen molar-refractivity contribution in [3.63, 3.8) is 0 Å². The van der Waals surface area contributed by atoms with Crippen molar-refractivity contribution < 1.29 is 28.4 Å². The van der Waals surface area contributed by atoms with E-state index in [0.717, 1.165) is 105 Å². The Morgan fingerprint density at radius 1 is 0.591 bits per heavy atom. The SMILES string of the molecule is c1cc(-c2nc3cc4sc(-c5ccc(OCCCCOCC6CO6)cc5)nc4cc3s2)ccc1OCCCCOCC1CO1. The predicted octanol–water partition coefficient (Wildman–Crippen LogP) is 7.39. The summed E-state index contributed by atoms with van der Waals surface area (Å²) < 4.78 is 35.5. The van der Waals surface area contributed by atoms with Crippen molar-refractivity contribution in [2.75, 3.05) is 52.9 Å². The maximum absolute atomic E-state index is 5.91. The van der Waals surface area contributed by atoms with Gasteiger partial charge in [-0.25, -0.2) is 9.97 Å². The summed E-state index contributed by atoms with van der Waals surface area (Å²) in [5.41, 5.74) is 4.17. The highest BCUT2D eigenvalue weighted by Gasteiger charge is 2.22. The van der Waals surface area contributed by atoms with Crippen LogP contribution in [0.15, 0.2) is 60.7 Å². The second-order valence-electron chi connectivity index (χ2n) is 11.0. The first-order valence-electron chi connectivity index (χ1n) is 15.3. The summed E-state index contributed by atoms with van der Waals surface area (Å²) >= 11 is 3.38. The van der Waals surface area contributed by atoms with Gasteiger partial charge in [-0.3, -0.25) is 0 Å². The van der Waals surface area contributed by atoms with E-state index in [2.05, 4.69) is 36.4 Å². The van der Waals surface area contributed by atoms with Gasteiger partial charge >= 0.3 is 0 Å². The van der Waals surface area contributed by atoms with E-state index < -0.39 is 0 Å². The maximum atomic E-state index is 5.91. The number of unbranched alkanes of at least 4 members (excludes halogenated alkanes) is 2. The number of aromatic nitrogens is 2. The van der Waals surface area contributed by atoms with E-state index in [0.29, 0.717) is 38.6 Å². The third-order valence-electron chi connectivity index (χ3n) is 7.42. The van der Waals surface area contributed by atoms with Crippen LogP contribution in [0, 0.1) is 0 Å². The average molecular weight is 633 g/mol. The van der Waals surface area contributed by atoms with Crippen LogP contribution >= 0.6 is 22.7 Å². The van der Waals surface area contributed by atoms with Crippen LogP contribution in [0.1, 0.15) is 25.7 Å². The molecule has 0 saturated carbocycles. The lowest BCUT2D eigenvalue weighted by atomic mass is 10.2. The molecule has 3 aromatic carbocycles. The van der Waals surface area contributed by atoms with Crippen LogP contribution in [-0.4, -0.2) is 75.0 Å². The lowest BCUT2D eigenvalue weighted by Crippen LogP contribution is -2.04. The molecule has 10 heteroatoms. The van der Waals surface area contributed by atoms with Gasteiger partial charge in [0, 0.05) is 24.3 Å². The molecule has 2 aliphatic rings. The van der Waals surface area contributed by atoms with E-state index in [1.807, 2.05) is 24.3 Å². The first-order valence-corrected chi connectivity index (χ1v) is 17.0. The quantitative estimate of drug-likeness (QED) is 0.0730. The number of fused-ring (bicyclic) bond motifs is 2. The van der Waals surface area contributed by atoms with Gasteiger partial charge in [0.25, 0.3) is 0 Å². The van der Waals surface area contributed by atoms with Crippen molar-refractivity contribution in [3.05, 3.63) is 60.7 Å². The summed E-state index contributed by atoms with van der Waals surface area (Å²) in [4.78, 5) is 9.89. The number of nitrogens with zero attached hydrogens (tertiary/aromatic N) is 2. The molecule has 8 nitrogen and oxygen atoms in total. The normalized spacial score (nSPS) is 17.4. The van der Waals surface area contributed by atoms with Crippen LogP contribution < -0.4 is 9.47 Å². The summed E-state index contributed by atoms with van der Waals surface area (Å²) in [5.74, 6) is 1.75. The van der Waals surface area contributed by atoms with Gasteiger partial charge in [0.05, 0.1) is 60.1 Å². The summed E-state index contributed by atoms with van der Waals surface area (Å²) in [6.07, 6.45) is 4.56. The molecule has 0 amide bonds. The zero-order chi connectivity index (χ0) is 29.6. The molecule has 2 saturated heterocycles. The first kappa shape index (κ1) is 29.6. The van der Waals surface area contributed by atoms with E-state index in [1.165, 1.54) is 0 Å². The third-order valence-corrected chi connectivity index (χ3v) is 9.55. The largest absolute Gasteiger partial charge is 0.494 e. The van der Waals surface area contributed by atoms with E-state index in [9.17, 15) is 0 Å². The molecule has 44 heavy (non-hydrogen) atoms. The minimum absolute atomic E-state index is 0.330. The first-order chi connectivity index (χ1) is 21.8. The third kappa shape index (κ3) is 8.12. The second-order valence-corrected chi connectivity index (χ2v) is 13.1. The maximum Gasteiger partial charge on any atom is 0.124 e. The average Bonchev–Trinajstić information content (AvgIpc) is 3.98. The zero-order valence-electron chi connectivity index (χ0n) is 24.6. The highest BCUT2D eigenvalue weighted by Crippen LogP contribution is 2.37. The molecule has 4 heterocycles. The van der Waals surface area contributed by atoms with Gasteiger partial charge in [-0.2, -0.15) is 0 Å². The van der Waals surface area contributed by atoms with Gasteiger partial charge in [0.15, 0.2) is 0 Å². The molecule has 0 radical (unpaired) electrons. The fourth-order valence-corrected chi connectivity index (χ4v) is 6.71. The number of thiazole rings is 2. The fourth-order valence-electron chi connectivity index (χ4n) is 4.73. The molecule has 0 spiro atoms. The fraction of sp³-hybridized carbons (Fsp3) is 0.412. The topological polar surface area (TPSA) is 87.8 Å². The van der Waals surface area contributed by atoms with Gasteiger partial charge in [-0.05, 0) is 86.3 Å². The van der Waals surface area contributed by atoms with E-state index in [-0.39, 0.29) is 0 Å². The minimum atomic E-state index is 0.330. The second kappa shape index (κ2) is 14.3. The Morgan fingerprint density at radius 3 is 1.41 bits per heavy atom. The van der Waals surface area contributed by atoms with Gasteiger partial charge in [-0.1, -0.05) is 0 Å². The summed E-state index contributed by atoms with van der Waals surface area (Å²) in [7, 11) is 0. The molecule has 2 fully saturated rings. The molecule has 7 rings (SSSR count). The van der Waals surface area contributed by atoms with Crippen LogP contribution in [0.4, 0.5) is 0 Å². The number of hydrogen-bond acceptors (Lipinski definition) is 10. The smallest absolute Gasteiger partial charge is 0.124 e. The highest BCUT2D eigenvalue weighted by atomic mass is 32.1. The van der Waals surface area contributed by atoms with Crippen LogP contribution in [0.3, 0.4) is 0 Å². The molecule has 2 atom stereocenters. The Kier molecular flexibility index (Phi) is 9.63. The molecule has 0 bridgehead atoms. The lowest BCUT2D eigenvalue weighted by Gasteiger charge is -2.07. The number of ether oxygens (including phenoxy) is 6. The number of epoxide rings is 2. The number of benzene rings is 3. The van der Waals surface area contributed by atoms with Crippen LogP contribution in [0.2, 0.25) is 0 Å². The molecule has 0 N–H and O–H groups in total. The number of hydrogen-bond donors (Lipinski definition) is 0. The van der Waals surface area contributed by atoms with E-state index in [1.54, 1.807) is 22.7 Å². The highest BCUT2D eigenvalue weighted by molar-refractivity contribution is 7.23. The van der Waals surface area contributed by atoms with Crippen molar-refractivity contribution >= 4 is 43.1 Å². The van der Waals surface area contributed by atoms with Gasteiger partial charge < -0.3 is 28.4 Å². The molecular weight excluding hydrogens is 597 g/mol. The van der Waals surface area contributed by atoms with Crippen molar-refractivity contribution in [2.24, 2.45) is 0 Å². The predicted molar refractivity (Wildman–Crippen MR) is 174 cm³/mol. The lowest BCUT2D eigenvalue weighted by molar-refractivity contribution is 0.110. The molecule has 2 aromatic heterocycles. The van der Waals surface area contributed by atoms with Crippen molar-refractivity contribution in [2.45, 2.75) is 37.9 Å². The molecular formula is C34H36N2O6S2. The van der Waals surface area contributed by atoms with Gasteiger partial charge in [0.1, 0.15) is 33.7 Å². The Hall–Kier alpha value is -3.12. The zero-order valence-corrected chi connectivity index (χ0v) is 26.2. The van der Waals surface area contributed by atoms with Crippen molar-refractivity contribution in [3.8, 4) is 32.6 Å². The molecule has 2 unspecified atom stereocenters. The van der Waals surface area contributed by atoms with Crippen molar-refractivity contribution in [1.82, 2.24) is 9.97 Å². The standard InChI is InChI=1S/C34H36N2O6S2/c1(13-37-19-27-21-41-27)3-15-39-25-9-5-23(6-10-25)33-35-29-17-32-30(18-31(29)43-33)36-34(44-32)24-7-11-26(12-8-24)40-16-4-2-14-38-20-28-22-42-28/h5-12,17-18,27-28H,1-4,13-16,19-22H2. The van der Waals surface area contributed by atoms with Crippen LogP contribution in [0.5, 0.6) is 11.5 Å². The Morgan fingerprint density at radius 2 is 1.00 bits per heavy atom. The monoisotopic (exact) mass is 632 g/mol. The van der Waals surface area contributed by atoms with Crippen LogP contribution in [0.25, 0.3) is 41.6 Å². The summed E-state index contributed by atoms with van der Waals surface area (Å²) in [6.45, 7) is 5.98. The van der Waals surface area contributed by atoms with E-state index in [4.69, 9.17) is 38.4 Å². The van der Waals surface area contributed by atoms with Gasteiger partial charge in [0.2, 0.25) is 0 Å². The number of rotatable bonds is 18. The van der Waals surface area contributed by atoms with Gasteiger partial charge in [-0.15, -0.1) is 22.7 Å². The summed E-state index contributed by atoms with van der Waals surface area (Å²) in [6, 6.07) is 20.7. The van der Waals surface area contributed by atoms with Crippen LogP contribution in [-0.2, 0) is 18.9 Å². The molecule has 230 valence electrons. The molecule has 0 aliphatic carbocycles. The van der Waals surface area contributed by atoms with E-state index >= 15 is 0 Å². The van der Waals surface area contributed by atoms with Crippen molar-refractivity contribution in [1.29, 1.82) is 0 Å². The summed E-state index contributed by atoms with van der Waals surface area (Å²) in [5, 5.41) is 1.99.